The van der Waals surface area contributed by atoms with Gasteiger partial charge >= 0.3 is 0 Å². The number of anilines is 2. The molecule has 1 aliphatic heterocycles. The summed E-state index contributed by atoms with van der Waals surface area (Å²) < 4.78 is 7.20. The number of nitrogens with zero attached hydrogens (tertiary/aromatic N) is 3. The number of hydrogen-bond acceptors (Lipinski definition) is 5. The molecular formula is C19H15Cl2N5O3. The molecule has 10 heteroatoms. The number of fused-ring (bicyclic) bond motifs is 1. The third kappa shape index (κ3) is 4.33. The molecule has 148 valence electrons. The van der Waals surface area contributed by atoms with Crippen molar-refractivity contribution in [3.63, 3.8) is 0 Å². The van der Waals surface area contributed by atoms with Crippen LogP contribution in [0.25, 0.3) is 0 Å². The lowest BCUT2D eigenvalue weighted by molar-refractivity contribution is -0.118. The molecule has 3 aromatic rings. The van der Waals surface area contributed by atoms with Crippen LogP contribution < -0.4 is 15.4 Å². The zero-order chi connectivity index (χ0) is 20.4. The van der Waals surface area contributed by atoms with E-state index in [4.69, 9.17) is 27.9 Å². The summed E-state index contributed by atoms with van der Waals surface area (Å²) in [7, 11) is 0. The smallest absolute Gasteiger partial charge is 0.262 e. The molecule has 0 aliphatic carbocycles. The third-order valence-electron chi connectivity index (χ3n) is 4.34. The number of ether oxygens (including phenoxy) is 1. The van der Waals surface area contributed by atoms with E-state index in [1.807, 2.05) is 12.1 Å². The molecule has 1 aromatic heterocycles. The van der Waals surface area contributed by atoms with Gasteiger partial charge in [0.1, 0.15) is 12.1 Å². The Morgan fingerprint density at radius 2 is 2.00 bits per heavy atom. The largest absolute Gasteiger partial charge is 0.484 e. The van der Waals surface area contributed by atoms with Crippen molar-refractivity contribution in [1.29, 1.82) is 0 Å². The zero-order valence-electron chi connectivity index (χ0n) is 14.9. The van der Waals surface area contributed by atoms with Gasteiger partial charge in [-0.2, -0.15) is 10.1 Å². The van der Waals surface area contributed by atoms with E-state index in [0.29, 0.717) is 27.4 Å². The quantitative estimate of drug-likeness (QED) is 0.643. The van der Waals surface area contributed by atoms with E-state index < -0.39 is 0 Å². The SMILES string of the molecule is O=C(COc1ccc([C@H]2CC(=O)Nc3ncnn32)cc1)Nc1ccc(Cl)c(Cl)c1. The fourth-order valence-electron chi connectivity index (χ4n) is 2.97. The van der Waals surface area contributed by atoms with Crippen molar-refractivity contribution in [3.8, 4) is 5.75 Å². The topological polar surface area (TPSA) is 98.1 Å². The van der Waals surface area contributed by atoms with Crippen LogP contribution in [0.1, 0.15) is 18.0 Å². The number of hydrogen-bond donors (Lipinski definition) is 2. The molecule has 29 heavy (non-hydrogen) atoms. The number of carbonyl (C=O) groups excluding carboxylic acids is 2. The van der Waals surface area contributed by atoms with Crippen LogP contribution in [-0.4, -0.2) is 33.2 Å². The number of nitrogens with one attached hydrogen (secondary N) is 2. The highest BCUT2D eigenvalue weighted by Crippen LogP contribution is 2.29. The molecule has 1 atom stereocenters. The van der Waals surface area contributed by atoms with Crippen LogP contribution in [0.15, 0.2) is 48.8 Å². The van der Waals surface area contributed by atoms with Gasteiger partial charge in [-0.15, -0.1) is 0 Å². The molecule has 0 fully saturated rings. The highest BCUT2D eigenvalue weighted by molar-refractivity contribution is 6.42. The number of benzene rings is 2. The van der Waals surface area contributed by atoms with Gasteiger partial charge in [0.05, 0.1) is 22.5 Å². The highest BCUT2D eigenvalue weighted by Gasteiger charge is 2.27. The summed E-state index contributed by atoms with van der Waals surface area (Å²) in [5.74, 6) is 0.501. The second-order valence-electron chi connectivity index (χ2n) is 6.33. The summed E-state index contributed by atoms with van der Waals surface area (Å²) in [4.78, 5) is 28.0. The van der Waals surface area contributed by atoms with Crippen LogP contribution in [0.2, 0.25) is 10.0 Å². The van der Waals surface area contributed by atoms with Crippen molar-refractivity contribution in [3.05, 3.63) is 64.4 Å². The average Bonchev–Trinajstić information content (AvgIpc) is 3.17. The first-order valence-corrected chi connectivity index (χ1v) is 9.42. The predicted octanol–water partition coefficient (Wildman–Crippen LogP) is 3.53. The monoisotopic (exact) mass is 431 g/mol. The average molecular weight is 432 g/mol. The Hall–Kier alpha value is -3.10. The molecule has 2 N–H and O–H groups in total. The van der Waals surface area contributed by atoms with Gasteiger partial charge in [0.25, 0.3) is 5.91 Å². The maximum atomic E-state index is 12.1. The third-order valence-corrected chi connectivity index (χ3v) is 5.08. The number of amides is 2. The first kappa shape index (κ1) is 19.2. The van der Waals surface area contributed by atoms with Crippen molar-refractivity contribution in [2.45, 2.75) is 12.5 Å². The summed E-state index contributed by atoms with van der Waals surface area (Å²) in [5, 5.41) is 10.3. The molecule has 2 heterocycles. The van der Waals surface area contributed by atoms with E-state index in [-0.39, 0.29) is 30.9 Å². The molecule has 0 saturated heterocycles. The molecule has 0 saturated carbocycles. The number of rotatable bonds is 5. The molecule has 0 bridgehead atoms. The Kier molecular flexibility index (Phi) is 5.37. The Morgan fingerprint density at radius 1 is 1.21 bits per heavy atom. The van der Waals surface area contributed by atoms with Gasteiger partial charge < -0.3 is 10.1 Å². The molecule has 0 radical (unpaired) electrons. The predicted molar refractivity (Wildman–Crippen MR) is 108 cm³/mol. The molecule has 2 amide bonds. The van der Waals surface area contributed by atoms with Gasteiger partial charge in [0.2, 0.25) is 11.9 Å². The van der Waals surface area contributed by atoms with Crippen LogP contribution >= 0.6 is 23.2 Å². The van der Waals surface area contributed by atoms with E-state index in [1.54, 1.807) is 35.0 Å². The van der Waals surface area contributed by atoms with Gasteiger partial charge in [-0.05, 0) is 35.9 Å². The Balaban J connectivity index is 1.37. The van der Waals surface area contributed by atoms with Crippen LogP contribution in [0.5, 0.6) is 5.75 Å². The second kappa shape index (κ2) is 8.10. The maximum absolute atomic E-state index is 12.1. The molecule has 8 nitrogen and oxygen atoms in total. The summed E-state index contributed by atoms with van der Waals surface area (Å²) in [5.41, 5.74) is 1.42. The fourth-order valence-corrected chi connectivity index (χ4v) is 3.27. The van der Waals surface area contributed by atoms with Crippen LogP contribution in [-0.2, 0) is 9.59 Å². The molecule has 2 aromatic carbocycles. The summed E-state index contributed by atoms with van der Waals surface area (Å²) >= 11 is 11.8. The normalized spacial score (nSPS) is 15.4. The Labute approximate surface area is 175 Å². The highest BCUT2D eigenvalue weighted by atomic mass is 35.5. The molecule has 0 unspecified atom stereocenters. The Bertz CT molecular complexity index is 1070. The zero-order valence-corrected chi connectivity index (χ0v) is 16.4. The van der Waals surface area contributed by atoms with Crippen molar-refractivity contribution in [2.75, 3.05) is 17.2 Å². The van der Waals surface area contributed by atoms with Gasteiger partial charge in [-0.25, -0.2) is 4.68 Å². The van der Waals surface area contributed by atoms with Crippen molar-refractivity contribution in [1.82, 2.24) is 14.8 Å². The van der Waals surface area contributed by atoms with Gasteiger partial charge in [-0.3, -0.25) is 14.9 Å². The number of carbonyl (C=O) groups is 2. The summed E-state index contributed by atoms with van der Waals surface area (Å²) in [6.07, 6.45) is 1.67. The minimum Gasteiger partial charge on any atom is -0.484 e. The molecular weight excluding hydrogens is 417 g/mol. The lowest BCUT2D eigenvalue weighted by Crippen LogP contribution is -2.29. The van der Waals surface area contributed by atoms with Gasteiger partial charge in [-0.1, -0.05) is 35.3 Å². The van der Waals surface area contributed by atoms with Crippen molar-refractivity contribution < 1.29 is 14.3 Å². The summed E-state index contributed by atoms with van der Waals surface area (Å²) in [6.45, 7) is -0.168. The number of aromatic nitrogens is 3. The Morgan fingerprint density at radius 3 is 2.76 bits per heavy atom. The fraction of sp³-hybridized carbons (Fsp3) is 0.158. The van der Waals surface area contributed by atoms with Gasteiger partial charge in [0.15, 0.2) is 6.61 Å². The molecule has 1 aliphatic rings. The number of halogens is 2. The minimum atomic E-state index is -0.330. The lowest BCUT2D eigenvalue weighted by Gasteiger charge is -2.23. The van der Waals surface area contributed by atoms with E-state index in [1.165, 1.54) is 6.33 Å². The van der Waals surface area contributed by atoms with Crippen LogP contribution in [0.3, 0.4) is 0 Å². The lowest BCUT2D eigenvalue weighted by atomic mass is 10.0. The first-order valence-electron chi connectivity index (χ1n) is 8.66. The van der Waals surface area contributed by atoms with E-state index >= 15 is 0 Å². The molecule has 0 spiro atoms. The summed E-state index contributed by atoms with van der Waals surface area (Å²) in [6, 6.07) is 11.7. The standard InChI is InChI=1S/C19H15Cl2N5O3/c20-14-6-3-12(7-15(14)21)24-18(28)9-29-13-4-1-11(2-5-13)16-8-17(27)25-19-22-10-23-26(16)19/h1-7,10,16H,8-9H2,(H,24,28)(H,22,23,25,27)/t16-/m1/s1. The van der Waals surface area contributed by atoms with Crippen molar-refractivity contribution in [2.24, 2.45) is 0 Å². The maximum Gasteiger partial charge on any atom is 0.262 e. The first-order chi connectivity index (χ1) is 14.0. The van der Waals surface area contributed by atoms with Crippen LogP contribution in [0.4, 0.5) is 11.6 Å². The molecule has 4 rings (SSSR count). The van der Waals surface area contributed by atoms with Gasteiger partial charge in [0, 0.05) is 5.69 Å². The van der Waals surface area contributed by atoms with Crippen LogP contribution in [0, 0.1) is 0 Å². The van der Waals surface area contributed by atoms with E-state index in [9.17, 15) is 9.59 Å². The van der Waals surface area contributed by atoms with E-state index in [0.717, 1.165) is 5.56 Å². The minimum absolute atomic E-state index is 0.116. The second-order valence-corrected chi connectivity index (χ2v) is 7.15. The van der Waals surface area contributed by atoms with Crippen molar-refractivity contribution >= 4 is 46.7 Å². The van der Waals surface area contributed by atoms with E-state index in [2.05, 4.69) is 20.7 Å².